The van der Waals surface area contributed by atoms with Crippen LogP contribution in [0.4, 0.5) is 18.9 Å². The van der Waals surface area contributed by atoms with Crippen molar-refractivity contribution in [1.29, 1.82) is 0 Å². The molecular formula is C19H16F3N3O3. The number of benzene rings is 2. The second-order valence-corrected chi connectivity index (χ2v) is 6.12. The van der Waals surface area contributed by atoms with Crippen LogP contribution in [0.25, 0.3) is 11.0 Å². The molecular weight excluding hydrogens is 375 g/mol. The summed E-state index contributed by atoms with van der Waals surface area (Å²) in [6.45, 7) is -0.114. The number of aryl methyl sites for hydroxylation is 1. The lowest BCUT2D eigenvalue weighted by atomic mass is 10.2. The van der Waals surface area contributed by atoms with Crippen LogP contribution in [-0.2, 0) is 11.3 Å². The van der Waals surface area contributed by atoms with E-state index in [-0.39, 0.29) is 18.0 Å². The molecule has 1 aromatic heterocycles. The second kappa shape index (κ2) is 7.71. The summed E-state index contributed by atoms with van der Waals surface area (Å²) in [4.78, 5) is 28.6. The molecule has 0 aliphatic rings. The number of amides is 1. The maximum absolute atomic E-state index is 12.5. The van der Waals surface area contributed by atoms with Crippen LogP contribution in [0.3, 0.4) is 0 Å². The van der Waals surface area contributed by atoms with Crippen molar-refractivity contribution in [2.24, 2.45) is 0 Å². The van der Waals surface area contributed by atoms with Crippen molar-refractivity contribution in [1.82, 2.24) is 9.55 Å². The van der Waals surface area contributed by atoms with E-state index in [2.05, 4.69) is 10.3 Å². The summed E-state index contributed by atoms with van der Waals surface area (Å²) in [7, 11) is 0. The number of ether oxygens (including phenoxy) is 1. The van der Waals surface area contributed by atoms with Gasteiger partial charge in [0.25, 0.3) is 5.56 Å². The lowest BCUT2D eigenvalue weighted by molar-refractivity contribution is -0.153. The van der Waals surface area contributed by atoms with Crippen LogP contribution in [0.5, 0.6) is 5.75 Å². The highest BCUT2D eigenvalue weighted by Crippen LogP contribution is 2.28. The van der Waals surface area contributed by atoms with E-state index in [1.54, 1.807) is 37.3 Å². The van der Waals surface area contributed by atoms with Gasteiger partial charge in [0.15, 0.2) is 6.61 Å². The maximum atomic E-state index is 12.5. The highest BCUT2D eigenvalue weighted by atomic mass is 19.4. The van der Waals surface area contributed by atoms with E-state index in [0.29, 0.717) is 16.6 Å². The number of carbonyl (C=O) groups is 1. The molecule has 0 saturated heterocycles. The number of fused-ring (bicyclic) bond motifs is 1. The average molecular weight is 391 g/mol. The zero-order valence-corrected chi connectivity index (χ0v) is 14.8. The summed E-state index contributed by atoms with van der Waals surface area (Å²) in [5.41, 5.74) is 1.31. The molecule has 0 saturated carbocycles. The zero-order valence-electron chi connectivity index (χ0n) is 14.8. The predicted molar refractivity (Wildman–Crippen MR) is 97.4 cm³/mol. The normalized spacial score (nSPS) is 11.4. The third kappa shape index (κ3) is 4.67. The van der Waals surface area contributed by atoms with E-state index in [0.717, 1.165) is 6.20 Å². The van der Waals surface area contributed by atoms with Gasteiger partial charge in [0, 0.05) is 0 Å². The molecule has 0 unspecified atom stereocenters. The number of aromatic nitrogens is 2. The smallest absolute Gasteiger partial charge is 0.422 e. The summed E-state index contributed by atoms with van der Waals surface area (Å²) in [5, 5.41) is 2.50. The van der Waals surface area contributed by atoms with Crippen molar-refractivity contribution in [2.45, 2.75) is 19.6 Å². The number of rotatable bonds is 5. The Balaban J connectivity index is 1.83. The number of para-hydroxylation sites is 2. The average Bonchev–Trinajstić information content (AvgIpc) is 2.63. The summed E-state index contributed by atoms with van der Waals surface area (Å²) in [6.07, 6.45) is -3.40. The molecule has 0 aliphatic carbocycles. The van der Waals surface area contributed by atoms with Crippen LogP contribution in [-0.4, -0.2) is 28.2 Å². The molecule has 1 N–H and O–H groups in total. The number of halogens is 3. The van der Waals surface area contributed by atoms with Gasteiger partial charge in [-0.15, -0.1) is 0 Å². The molecule has 1 amide bonds. The third-order valence-corrected chi connectivity index (χ3v) is 3.86. The quantitative estimate of drug-likeness (QED) is 0.725. The Morgan fingerprint density at radius 2 is 1.96 bits per heavy atom. The minimum absolute atomic E-state index is 0.0891. The Morgan fingerprint density at radius 3 is 2.71 bits per heavy atom. The fourth-order valence-corrected chi connectivity index (χ4v) is 2.62. The van der Waals surface area contributed by atoms with Gasteiger partial charge in [-0.2, -0.15) is 13.2 Å². The molecule has 0 aliphatic heterocycles. The van der Waals surface area contributed by atoms with Crippen LogP contribution in [0.1, 0.15) is 5.56 Å². The molecule has 146 valence electrons. The SMILES string of the molecule is Cc1ccc(NC(=O)Cn2c(=O)cnc3ccccc32)c(OCC(F)(F)F)c1. The number of carbonyl (C=O) groups excluding carboxylic acids is 1. The lowest BCUT2D eigenvalue weighted by Gasteiger charge is -2.15. The summed E-state index contributed by atoms with van der Waals surface area (Å²) >= 11 is 0. The molecule has 6 nitrogen and oxygen atoms in total. The van der Waals surface area contributed by atoms with Crippen molar-refractivity contribution in [2.75, 3.05) is 11.9 Å². The summed E-state index contributed by atoms with van der Waals surface area (Å²) < 4.78 is 43.4. The largest absolute Gasteiger partial charge is 0.482 e. The van der Waals surface area contributed by atoms with Crippen LogP contribution >= 0.6 is 0 Å². The minimum Gasteiger partial charge on any atom is -0.482 e. The topological polar surface area (TPSA) is 73.2 Å². The van der Waals surface area contributed by atoms with Crippen molar-refractivity contribution in [3.05, 3.63) is 64.6 Å². The molecule has 0 atom stereocenters. The Hall–Kier alpha value is -3.36. The molecule has 1 heterocycles. The van der Waals surface area contributed by atoms with Crippen molar-refractivity contribution < 1.29 is 22.7 Å². The lowest BCUT2D eigenvalue weighted by Crippen LogP contribution is -2.28. The van der Waals surface area contributed by atoms with E-state index >= 15 is 0 Å². The minimum atomic E-state index is -4.51. The number of hydrogen-bond acceptors (Lipinski definition) is 4. The van der Waals surface area contributed by atoms with Gasteiger partial charge in [-0.1, -0.05) is 18.2 Å². The van der Waals surface area contributed by atoms with E-state index < -0.39 is 24.2 Å². The Kier molecular flexibility index (Phi) is 5.34. The number of hydrogen-bond donors (Lipinski definition) is 1. The fourth-order valence-electron chi connectivity index (χ4n) is 2.62. The second-order valence-electron chi connectivity index (χ2n) is 6.12. The molecule has 3 rings (SSSR count). The van der Waals surface area contributed by atoms with E-state index in [1.807, 2.05) is 0 Å². The Morgan fingerprint density at radius 1 is 1.21 bits per heavy atom. The van der Waals surface area contributed by atoms with Crippen molar-refractivity contribution in [3.8, 4) is 5.75 Å². The molecule has 2 aromatic carbocycles. The van der Waals surface area contributed by atoms with Gasteiger partial charge in [-0.3, -0.25) is 14.2 Å². The number of nitrogens with one attached hydrogen (secondary N) is 1. The van der Waals surface area contributed by atoms with Crippen LogP contribution in [0.2, 0.25) is 0 Å². The van der Waals surface area contributed by atoms with Crippen molar-refractivity contribution >= 4 is 22.6 Å². The molecule has 0 radical (unpaired) electrons. The van der Waals surface area contributed by atoms with Crippen LogP contribution in [0.15, 0.2) is 53.5 Å². The number of nitrogens with zero attached hydrogens (tertiary/aromatic N) is 2. The van der Waals surface area contributed by atoms with Crippen LogP contribution < -0.4 is 15.6 Å². The summed E-state index contributed by atoms with van der Waals surface area (Å²) in [5.74, 6) is -0.684. The van der Waals surface area contributed by atoms with E-state index in [4.69, 9.17) is 4.74 Å². The highest BCUT2D eigenvalue weighted by molar-refractivity contribution is 5.93. The highest BCUT2D eigenvalue weighted by Gasteiger charge is 2.29. The first-order valence-electron chi connectivity index (χ1n) is 8.27. The fraction of sp³-hybridized carbons (Fsp3) is 0.211. The van der Waals surface area contributed by atoms with Gasteiger partial charge < -0.3 is 10.1 Å². The van der Waals surface area contributed by atoms with Gasteiger partial charge in [0.05, 0.1) is 22.9 Å². The first kappa shape index (κ1) is 19.4. The molecule has 0 bridgehead atoms. The molecule has 0 spiro atoms. The third-order valence-electron chi connectivity index (χ3n) is 3.86. The molecule has 3 aromatic rings. The molecule has 28 heavy (non-hydrogen) atoms. The van der Waals surface area contributed by atoms with Crippen molar-refractivity contribution in [3.63, 3.8) is 0 Å². The molecule has 9 heteroatoms. The number of alkyl halides is 3. The van der Waals surface area contributed by atoms with Gasteiger partial charge in [-0.25, -0.2) is 4.98 Å². The Labute approximate surface area is 157 Å². The first-order valence-corrected chi connectivity index (χ1v) is 8.27. The summed E-state index contributed by atoms with van der Waals surface area (Å²) in [6, 6.07) is 11.3. The maximum Gasteiger partial charge on any atom is 0.422 e. The number of anilines is 1. The zero-order chi connectivity index (χ0) is 20.3. The van der Waals surface area contributed by atoms with Gasteiger partial charge >= 0.3 is 6.18 Å². The van der Waals surface area contributed by atoms with E-state index in [9.17, 15) is 22.8 Å². The van der Waals surface area contributed by atoms with Crippen LogP contribution in [0, 0.1) is 6.92 Å². The van der Waals surface area contributed by atoms with E-state index in [1.165, 1.54) is 16.7 Å². The Bertz CT molecular complexity index is 1080. The van der Waals surface area contributed by atoms with Gasteiger partial charge in [-0.05, 0) is 36.8 Å². The van der Waals surface area contributed by atoms with Gasteiger partial charge in [0.1, 0.15) is 12.3 Å². The standard InChI is InChI=1S/C19H16F3N3O3/c1-12-6-7-14(16(8-12)28-11-19(20,21)22)24-17(26)10-25-15-5-3-2-4-13(15)23-9-18(25)27/h2-9H,10-11H2,1H3,(H,24,26). The first-order chi connectivity index (χ1) is 13.2. The van der Waals surface area contributed by atoms with Gasteiger partial charge in [0.2, 0.25) is 5.91 Å². The predicted octanol–water partition coefficient (Wildman–Crippen LogP) is 3.28. The molecule has 0 fully saturated rings. The monoisotopic (exact) mass is 391 g/mol.